The molecule has 2 aromatic rings. The summed E-state index contributed by atoms with van der Waals surface area (Å²) in [4.78, 5) is 14.5. The first-order valence-corrected chi connectivity index (χ1v) is 12.3. The van der Waals surface area contributed by atoms with E-state index < -0.39 is 28.9 Å². The zero-order valence-corrected chi connectivity index (χ0v) is 21.1. The number of rotatable bonds is 7. The Kier molecular flexibility index (Phi) is 7.39. The summed E-state index contributed by atoms with van der Waals surface area (Å²) in [6, 6.07) is 7.28. The molecule has 0 radical (unpaired) electrons. The van der Waals surface area contributed by atoms with Gasteiger partial charge in [-0.1, -0.05) is 17.7 Å². The monoisotopic (exact) mass is 509 g/mol. The lowest BCUT2D eigenvalue weighted by Crippen LogP contribution is -2.44. The Hall–Kier alpha value is -2.25. The average Bonchev–Trinajstić information content (AvgIpc) is 3.61. The summed E-state index contributed by atoms with van der Waals surface area (Å²) in [6.45, 7) is 6.56. The molecule has 0 bridgehead atoms. The highest BCUT2D eigenvalue weighted by molar-refractivity contribution is 6.30. The van der Waals surface area contributed by atoms with E-state index in [0.717, 1.165) is 24.0 Å². The predicted molar refractivity (Wildman–Crippen MR) is 129 cm³/mol. The fraction of sp³-hybridized carbons (Fsp3) is 0.519. The highest BCUT2D eigenvalue weighted by Crippen LogP contribution is 2.45. The van der Waals surface area contributed by atoms with Crippen LogP contribution in [-0.4, -0.2) is 41.8 Å². The molecule has 1 heterocycles. The SMILES string of the molecule is CC(C)(C)OC(=O)c1cc(C2CC2)c(OCC2(F)CCN(Cc3ccc(F)c(Cl)c3)CC2)cc1F. The maximum Gasteiger partial charge on any atom is 0.341 e. The first-order chi connectivity index (χ1) is 16.4. The number of halogens is 4. The van der Waals surface area contributed by atoms with Crippen LogP contribution in [0, 0.1) is 11.6 Å². The highest BCUT2D eigenvalue weighted by Gasteiger charge is 2.37. The van der Waals surface area contributed by atoms with Crippen LogP contribution in [0.1, 0.15) is 73.9 Å². The molecule has 2 aromatic carbocycles. The second-order valence-electron chi connectivity index (χ2n) is 10.6. The van der Waals surface area contributed by atoms with Crippen LogP contribution in [0.2, 0.25) is 5.02 Å². The minimum absolute atomic E-state index is 0.0733. The van der Waals surface area contributed by atoms with E-state index in [1.165, 1.54) is 18.2 Å². The molecule has 0 atom stereocenters. The highest BCUT2D eigenvalue weighted by atomic mass is 35.5. The van der Waals surface area contributed by atoms with E-state index in [1.807, 2.05) is 0 Å². The van der Waals surface area contributed by atoms with Gasteiger partial charge in [-0.25, -0.2) is 18.0 Å². The van der Waals surface area contributed by atoms with Crippen LogP contribution in [0.25, 0.3) is 0 Å². The molecule has 1 saturated carbocycles. The number of ether oxygens (including phenoxy) is 2. The second kappa shape index (κ2) is 10.0. The molecule has 1 aliphatic heterocycles. The van der Waals surface area contributed by atoms with E-state index in [0.29, 0.717) is 19.6 Å². The Balaban J connectivity index is 1.38. The molecule has 35 heavy (non-hydrogen) atoms. The standard InChI is InChI=1S/C27H31ClF3NO3/c1-26(2,3)35-25(33)20-13-19(18-5-6-18)24(14-23(20)30)34-16-27(31)8-10-32(11-9-27)15-17-4-7-22(29)21(28)12-17/h4,7,12-14,18H,5-6,8-11,15-16H2,1-3H3. The van der Waals surface area contributed by atoms with Crippen molar-refractivity contribution in [1.82, 2.24) is 4.90 Å². The van der Waals surface area contributed by atoms with Crippen LogP contribution in [0.5, 0.6) is 5.75 Å². The van der Waals surface area contributed by atoms with Crippen molar-refractivity contribution >= 4 is 17.6 Å². The fourth-order valence-corrected chi connectivity index (χ4v) is 4.46. The minimum atomic E-state index is -1.54. The van der Waals surface area contributed by atoms with Gasteiger partial charge in [-0.15, -0.1) is 0 Å². The van der Waals surface area contributed by atoms with Crippen LogP contribution in [-0.2, 0) is 11.3 Å². The summed E-state index contributed by atoms with van der Waals surface area (Å²) >= 11 is 5.86. The molecule has 4 rings (SSSR count). The molecule has 1 saturated heterocycles. The number of esters is 1. The Morgan fingerprint density at radius 2 is 1.80 bits per heavy atom. The van der Waals surface area contributed by atoms with Gasteiger partial charge in [0.1, 0.15) is 35.3 Å². The summed E-state index contributed by atoms with van der Waals surface area (Å²) < 4.78 is 54.9. The Bertz CT molecular complexity index is 1090. The molecular weight excluding hydrogens is 479 g/mol. The van der Waals surface area contributed by atoms with Gasteiger partial charge in [0.25, 0.3) is 0 Å². The van der Waals surface area contributed by atoms with E-state index >= 15 is 4.39 Å². The third kappa shape index (κ3) is 6.70. The molecule has 2 fully saturated rings. The van der Waals surface area contributed by atoms with Crippen molar-refractivity contribution in [2.45, 2.75) is 70.2 Å². The Morgan fingerprint density at radius 3 is 2.40 bits per heavy atom. The van der Waals surface area contributed by atoms with Crippen molar-refractivity contribution in [3.05, 3.63) is 63.7 Å². The number of likely N-dealkylation sites (tertiary alicyclic amines) is 1. The number of hydrogen-bond acceptors (Lipinski definition) is 4. The minimum Gasteiger partial charge on any atom is -0.490 e. The zero-order chi connectivity index (χ0) is 25.4. The number of hydrogen-bond donors (Lipinski definition) is 0. The lowest BCUT2D eigenvalue weighted by Gasteiger charge is -2.36. The van der Waals surface area contributed by atoms with Crippen molar-refractivity contribution in [2.24, 2.45) is 0 Å². The molecular formula is C27H31ClF3NO3. The molecule has 1 aliphatic carbocycles. The largest absolute Gasteiger partial charge is 0.490 e. The summed E-state index contributed by atoms with van der Waals surface area (Å²) in [6.07, 6.45) is 2.36. The van der Waals surface area contributed by atoms with Gasteiger partial charge in [-0.3, -0.25) is 4.90 Å². The van der Waals surface area contributed by atoms with Gasteiger partial charge in [0, 0.05) is 25.7 Å². The molecule has 4 nitrogen and oxygen atoms in total. The number of alkyl halides is 1. The molecule has 0 aromatic heterocycles. The van der Waals surface area contributed by atoms with Gasteiger partial charge >= 0.3 is 5.97 Å². The number of nitrogens with zero attached hydrogens (tertiary/aromatic N) is 1. The maximum atomic E-state index is 15.5. The van der Waals surface area contributed by atoms with Crippen LogP contribution in [0.3, 0.4) is 0 Å². The van der Waals surface area contributed by atoms with E-state index in [9.17, 15) is 13.6 Å². The van der Waals surface area contributed by atoms with E-state index in [-0.39, 0.29) is 41.7 Å². The zero-order valence-electron chi connectivity index (χ0n) is 20.3. The second-order valence-corrected chi connectivity index (χ2v) is 11.0. The topological polar surface area (TPSA) is 38.8 Å². The van der Waals surface area contributed by atoms with Gasteiger partial charge in [-0.05, 0) is 81.7 Å². The maximum absolute atomic E-state index is 15.5. The molecule has 0 spiro atoms. The first kappa shape index (κ1) is 25.8. The fourth-order valence-electron chi connectivity index (χ4n) is 4.26. The van der Waals surface area contributed by atoms with Crippen molar-refractivity contribution in [3.63, 3.8) is 0 Å². The number of carbonyl (C=O) groups is 1. The van der Waals surface area contributed by atoms with Crippen LogP contribution >= 0.6 is 11.6 Å². The van der Waals surface area contributed by atoms with E-state index in [1.54, 1.807) is 32.9 Å². The van der Waals surface area contributed by atoms with E-state index in [4.69, 9.17) is 21.1 Å². The summed E-state index contributed by atoms with van der Waals surface area (Å²) in [7, 11) is 0. The third-order valence-electron chi connectivity index (χ3n) is 6.36. The van der Waals surface area contributed by atoms with Crippen LogP contribution in [0.4, 0.5) is 13.2 Å². The van der Waals surface area contributed by atoms with E-state index in [2.05, 4.69) is 4.90 Å². The number of piperidine rings is 1. The lowest BCUT2D eigenvalue weighted by molar-refractivity contribution is 0.00625. The quantitative estimate of drug-likeness (QED) is 0.383. The smallest absolute Gasteiger partial charge is 0.341 e. The van der Waals surface area contributed by atoms with Crippen molar-refractivity contribution in [2.75, 3.05) is 19.7 Å². The Morgan fingerprint density at radius 1 is 1.11 bits per heavy atom. The first-order valence-electron chi connectivity index (χ1n) is 12.0. The van der Waals surface area contributed by atoms with Crippen LogP contribution in [0.15, 0.2) is 30.3 Å². The summed E-state index contributed by atoms with van der Waals surface area (Å²) in [5, 5.41) is 0.0733. The molecule has 190 valence electrons. The average molecular weight is 510 g/mol. The molecule has 8 heteroatoms. The van der Waals surface area contributed by atoms with Crippen molar-refractivity contribution in [3.8, 4) is 5.75 Å². The normalized spacial score (nSPS) is 18.4. The third-order valence-corrected chi connectivity index (χ3v) is 6.65. The van der Waals surface area contributed by atoms with Gasteiger partial charge in [0.2, 0.25) is 0 Å². The number of carbonyl (C=O) groups excluding carboxylic acids is 1. The summed E-state index contributed by atoms with van der Waals surface area (Å²) in [5.41, 5.74) is -0.817. The van der Waals surface area contributed by atoms with Gasteiger partial charge in [0.05, 0.1) is 10.6 Å². The van der Waals surface area contributed by atoms with Crippen molar-refractivity contribution in [1.29, 1.82) is 0 Å². The molecule has 0 amide bonds. The van der Waals surface area contributed by atoms with Gasteiger partial charge < -0.3 is 9.47 Å². The Labute approximate surface area is 209 Å². The van der Waals surface area contributed by atoms with Gasteiger partial charge in [-0.2, -0.15) is 0 Å². The van der Waals surface area contributed by atoms with Gasteiger partial charge in [0.15, 0.2) is 0 Å². The van der Waals surface area contributed by atoms with Crippen LogP contribution < -0.4 is 4.74 Å². The molecule has 2 aliphatic rings. The molecule has 0 N–H and O–H groups in total. The molecule has 0 unspecified atom stereocenters. The lowest BCUT2D eigenvalue weighted by atomic mass is 9.94. The predicted octanol–water partition coefficient (Wildman–Crippen LogP) is 6.83. The number of benzene rings is 2. The summed E-state index contributed by atoms with van der Waals surface area (Å²) in [5.74, 6) is -1.46. The van der Waals surface area contributed by atoms with Crippen molar-refractivity contribution < 1.29 is 27.4 Å².